The highest BCUT2D eigenvalue weighted by Crippen LogP contribution is 2.41. The number of hydrogen-bond donors (Lipinski definition) is 1. The van der Waals surface area contributed by atoms with Crippen molar-refractivity contribution in [1.29, 1.82) is 0 Å². The average Bonchev–Trinajstić information content (AvgIpc) is 3.18. The number of thiophene rings is 1. The van der Waals surface area contributed by atoms with E-state index in [0.717, 1.165) is 30.5 Å². The van der Waals surface area contributed by atoms with Crippen LogP contribution >= 0.6 is 34.4 Å². The molecule has 1 aliphatic carbocycles. The van der Waals surface area contributed by atoms with Crippen LogP contribution in [0.1, 0.15) is 18.7 Å². The van der Waals surface area contributed by atoms with Gasteiger partial charge >= 0.3 is 0 Å². The Morgan fingerprint density at radius 3 is 2.77 bits per heavy atom. The molecule has 1 aromatic carbocycles. The minimum absolute atomic E-state index is 0.579. The standard InChI is InChI=1S/C18H15N5S3/c1-10-19-15-14(13(9-24-15)11-5-3-2-4-6-11)16(20-10)25-18-23-22-17(26-18)21-12-7-8-12/h2-6,9,12H,7-8H2,1H3,(H,21,22). The topological polar surface area (TPSA) is 63.6 Å². The minimum Gasteiger partial charge on any atom is -0.357 e. The van der Waals surface area contributed by atoms with Crippen LogP contribution < -0.4 is 5.32 Å². The van der Waals surface area contributed by atoms with Gasteiger partial charge in [-0.1, -0.05) is 41.7 Å². The Morgan fingerprint density at radius 2 is 1.96 bits per heavy atom. The summed E-state index contributed by atoms with van der Waals surface area (Å²) in [6.45, 7) is 1.94. The molecule has 5 rings (SSSR count). The summed E-state index contributed by atoms with van der Waals surface area (Å²) in [4.78, 5) is 10.4. The van der Waals surface area contributed by atoms with E-state index in [0.29, 0.717) is 6.04 Å². The monoisotopic (exact) mass is 397 g/mol. The van der Waals surface area contributed by atoms with E-state index < -0.39 is 0 Å². The summed E-state index contributed by atoms with van der Waals surface area (Å²) in [5.74, 6) is 0.780. The summed E-state index contributed by atoms with van der Waals surface area (Å²) >= 11 is 4.82. The van der Waals surface area contributed by atoms with E-state index in [2.05, 4.69) is 50.1 Å². The molecule has 3 heterocycles. The van der Waals surface area contributed by atoms with Crippen molar-refractivity contribution in [3.8, 4) is 11.1 Å². The molecule has 5 nitrogen and oxygen atoms in total. The molecule has 8 heteroatoms. The predicted molar refractivity (Wildman–Crippen MR) is 108 cm³/mol. The summed E-state index contributed by atoms with van der Waals surface area (Å²) in [6.07, 6.45) is 2.45. The Kier molecular flexibility index (Phi) is 4.11. The van der Waals surface area contributed by atoms with Gasteiger partial charge in [0.25, 0.3) is 0 Å². The first-order valence-electron chi connectivity index (χ1n) is 8.35. The predicted octanol–water partition coefficient (Wildman–Crippen LogP) is 5.24. The van der Waals surface area contributed by atoms with Crippen LogP contribution in [0.25, 0.3) is 21.3 Å². The molecule has 0 atom stereocenters. The van der Waals surface area contributed by atoms with Gasteiger partial charge in [-0.15, -0.1) is 21.5 Å². The first-order valence-corrected chi connectivity index (χ1v) is 10.9. The largest absolute Gasteiger partial charge is 0.357 e. The van der Waals surface area contributed by atoms with Gasteiger partial charge in [-0.05, 0) is 37.1 Å². The molecule has 0 unspecified atom stereocenters. The Bertz CT molecular complexity index is 1070. The molecular weight excluding hydrogens is 382 g/mol. The summed E-state index contributed by atoms with van der Waals surface area (Å²) in [5.41, 5.74) is 2.36. The fourth-order valence-corrected chi connectivity index (χ4v) is 5.70. The van der Waals surface area contributed by atoms with Crippen LogP contribution in [0.3, 0.4) is 0 Å². The van der Waals surface area contributed by atoms with Gasteiger partial charge < -0.3 is 5.32 Å². The summed E-state index contributed by atoms with van der Waals surface area (Å²) in [5, 5.41) is 17.1. The third-order valence-electron chi connectivity index (χ3n) is 4.09. The van der Waals surface area contributed by atoms with Gasteiger partial charge in [0.1, 0.15) is 15.7 Å². The molecule has 0 spiro atoms. The van der Waals surface area contributed by atoms with Gasteiger partial charge in [0.05, 0.1) is 5.39 Å². The molecule has 0 aliphatic heterocycles. The Hall–Kier alpha value is -2.03. The Balaban J connectivity index is 1.55. The highest BCUT2D eigenvalue weighted by Gasteiger charge is 2.23. The van der Waals surface area contributed by atoms with Crippen molar-refractivity contribution in [2.45, 2.75) is 35.2 Å². The molecule has 3 aromatic heterocycles. The maximum Gasteiger partial charge on any atom is 0.206 e. The lowest BCUT2D eigenvalue weighted by Crippen LogP contribution is -1.99. The minimum atomic E-state index is 0.579. The molecule has 0 radical (unpaired) electrons. The zero-order chi connectivity index (χ0) is 17.5. The van der Waals surface area contributed by atoms with E-state index in [1.54, 1.807) is 34.4 Å². The van der Waals surface area contributed by atoms with Crippen LogP contribution in [0.15, 0.2) is 45.1 Å². The van der Waals surface area contributed by atoms with Crippen molar-refractivity contribution in [3.05, 3.63) is 41.5 Å². The van der Waals surface area contributed by atoms with E-state index in [-0.39, 0.29) is 0 Å². The normalized spacial score (nSPS) is 14.0. The van der Waals surface area contributed by atoms with Crippen LogP contribution in [-0.2, 0) is 0 Å². The molecule has 0 saturated heterocycles. The highest BCUT2D eigenvalue weighted by molar-refractivity contribution is 8.01. The quantitative estimate of drug-likeness (QED) is 0.464. The van der Waals surface area contributed by atoms with Gasteiger partial charge in [-0.3, -0.25) is 0 Å². The second-order valence-electron chi connectivity index (χ2n) is 6.17. The van der Waals surface area contributed by atoms with Gasteiger partial charge in [-0.25, -0.2) is 9.97 Å². The maximum atomic E-state index is 4.71. The molecule has 0 bridgehead atoms. The number of rotatable bonds is 5. The lowest BCUT2D eigenvalue weighted by molar-refractivity contribution is 0.984. The SMILES string of the molecule is Cc1nc(Sc2nnc(NC3CC3)s2)c2c(-c3ccccc3)csc2n1. The number of aryl methyl sites for hydroxylation is 1. The lowest BCUT2D eigenvalue weighted by atomic mass is 10.1. The second-order valence-corrected chi connectivity index (χ2v) is 9.24. The Morgan fingerprint density at radius 1 is 1.12 bits per heavy atom. The van der Waals surface area contributed by atoms with Crippen molar-refractivity contribution in [2.75, 3.05) is 5.32 Å². The van der Waals surface area contributed by atoms with Gasteiger partial charge in [-0.2, -0.15) is 0 Å². The molecule has 1 N–H and O–H groups in total. The third kappa shape index (κ3) is 3.20. The van der Waals surface area contributed by atoms with E-state index in [4.69, 9.17) is 4.98 Å². The number of anilines is 1. The van der Waals surface area contributed by atoms with Crippen molar-refractivity contribution in [3.63, 3.8) is 0 Å². The third-order valence-corrected chi connectivity index (χ3v) is 6.86. The van der Waals surface area contributed by atoms with Gasteiger partial charge in [0.15, 0.2) is 4.34 Å². The van der Waals surface area contributed by atoms with Crippen LogP contribution in [0.5, 0.6) is 0 Å². The molecule has 1 fully saturated rings. The zero-order valence-corrected chi connectivity index (χ0v) is 16.4. The van der Waals surface area contributed by atoms with Crippen LogP contribution in [0.4, 0.5) is 5.13 Å². The number of hydrogen-bond acceptors (Lipinski definition) is 8. The second kappa shape index (κ2) is 6.61. The highest BCUT2D eigenvalue weighted by atomic mass is 32.2. The first-order chi connectivity index (χ1) is 12.8. The van der Waals surface area contributed by atoms with Gasteiger partial charge in [0.2, 0.25) is 5.13 Å². The summed E-state index contributed by atoms with van der Waals surface area (Å²) in [7, 11) is 0. The van der Waals surface area contributed by atoms with E-state index in [1.165, 1.54) is 24.0 Å². The van der Waals surface area contributed by atoms with E-state index in [9.17, 15) is 0 Å². The van der Waals surface area contributed by atoms with Gasteiger partial charge in [0, 0.05) is 17.0 Å². The maximum absolute atomic E-state index is 4.71. The van der Waals surface area contributed by atoms with Crippen molar-refractivity contribution in [2.24, 2.45) is 0 Å². The van der Waals surface area contributed by atoms with Crippen LogP contribution in [-0.4, -0.2) is 26.2 Å². The summed E-state index contributed by atoms with van der Waals surface area (Å²) < 4.78 is 0.901. The van der Waals surface area contributed by atoms with E-state index in [1.807, 2.05) is 13.0 Å². The zero-order valence-electron chi connectivity index (χ0n) is 14.0. The van der Waals surface area contributed by atoms with Crippen LogP contribution in [0, 0.1) is 6.92 Å². The molecular formula is C18H15N5S3. The first kappa shape index (κ1) is 16.2. The lowest BCUT2D eigenvalue weighted by Gasteiger charge is -2.05. The fraction of sp³-hybridized carbons (Fsp3) is 0.222. The number of fused-ring (bicyclic) bond motifs is 1. The molecule has 1 saturated carbocycles. The Labute approximate surface area is 162 Å². The summed E-state index contributed by atoms with van der Waals surface area (Å²) in [6, 6.07) is 11.0. The number of nitrogens with zero attached hydrogens (tertiary/aromatic N) is 4. The van der Waals surface area contributed by atoms with Crippen molar-refractivity contribution in [1.82, 2.24) is 20.2 Å². The average molecular weight is 398 g/mol. The number of benzene rings is 1. The molecule has 4 aromatic rings. The number of nitrogens with one attached hydrogen (secondary N) is 1. The van der Waals surface area contributed by atoms with Crippen molar-refractivity contribution < 1.29 is 0 Å². The molecule has 0 amide bonds. The molecule has 1 aliphatic rings. The molecule has 26 heavy (non-hydrogen) atoms. The van der Waals surface area contributed by atoms with E-state index >= 15 is 0 Å². The molecule has 130 valence electrons. The number of aromatic nitrogens is 4. The smallest absolute Gasteiger partial charge is 0.206 e. The fourth-order valence-electron chi connectivity index (χ4n) is 2.71. The van der Waals surface area contributed by atoms with Crippen molar-refractivity contribution >= 4 is 49.8 Å². The van der Waals surface area contributed by atoms with Crippen LogP contribution in [0.2, 0.25) is 0 Å².